The predicted octanol–water partition coefficient (Wildman–Crippen LogP) is 5.46. The summed E-state index contributed by atoms with van der Waals surface area (Å²) in [6.45, 7) is 4.38. The van der Waals surface area contributed by atoms with E-state index in [4.69, 9.17) is 5.11 Å². The first-order valence-corrected chi connectivity index (χ1v) is 10.0. The van der Waals surface area contributed by atoms with E-state index in [2.05, 4.69) is 37.4 Å². The molecule has 0 radical (unpaired) electrons. The number of allylic oxidation sites excluding steroid dienone is 1. The van der Waals surface area contributed by atoms with Gasteiger partial charge in [-0.05, 0) is 58.4 Å². The fourth-order valence-corrected chi connectivity index (χ4v) is 3.96. The number of aromatic carboxylic acids is 1. The van der Waals surface area contributed by atoms with Gasteiger partial charge in [0.25, 0.3) is 5.91 Å². The summed E-state index contributed by atoms with van der Waals surface area (Å²) >= 11 is 0. The van der Waals surface area contributed by atoms with E-state index in [-0.39, 0.29) is 16.9 Å². The number of carbonyl (C=O) groups is 2. The average Bonchev–Trinajstić information content (AvgIpc) is 2.74. The Morgan fingerprint density at radius 3 is 2.39 bits per heavy atom. The Morgan fingerprint density at radius 1 is 0.968 bits per heavy atom. The van der Waals surface area contributed by atoms with Gasteiger partial charge < -0.3 is 15.5 Å². The molecule has 0 fully saturated rings. The molecule has 0 aliphatic heterocycles. The van der Waals surface area contributed by atoms with Gasteiger partial charge in [0.1, 0.15) is 11.3 Å². The molecule has 4 rings (SSSR count). The van der Waals surface area contributed by atoms with E-state index in [0.29, 0.717) is 11.3 Å². The Balaban J connectivity index is 1.68. The summed E-state index contributed by atoms with van der Waals surface area (Å²) in [4.78, 5) is 24.0. The molecule has 31 heavy (non-hydrogen) atoms. The van der Waals surface area contributed by atoms with Crippen molar-refractivity contribution in [2.75, 3.05) is 5.32 Å². The SMILES string of the molecule is CC1(C)CC=C(c2ccccc2)c2cc(C(=O)Nc3ccc(C(=O)O)c(O)c3)ccc21. The lowest BCUT2D eigenvalue weighted by Gasteiger charge is -2.32. The number of rotatable bonds is 4. The fourth-order valence-electron chi connectivity index (χ4n) is 3.96. The van der Waals surface area contributed by atoms with Crippen molar-refractivity contribution < 1.29 is 19.8 Å². The molecular formula is C26H23NO4. The van der Waals surface area contributed by atoms with Crippen molar-refractivity contribution in [3.05, 3.63) is 101 Å². The summed E-state index contributed by atoms with van der Waals surface area (Å²) in [7, 11) is 0. The van der Waals surface area contributed by atoms with E-state index in [0.717, 1.165) is 23.1 Å². The molecular weight excluding hydrogens is 390 g/mol. The molecule has 0 bridgehead atoms. The van der Waals surface area contributed by atoms with Crippen LogP contribution in [0.15, 0.2) is 72.8 Å². The van der Waals surface area contributed by atoms with Gasteiger partial charge in [0.15, 0.2) is 0 Å². The molecule has 1 aliphatic carbocycles. The van der Waals surface area contributed by atoms with Gasteiger partial charge in [0.2, 0.25) is 0 Å². The number of hydrogen-bond acceptors (Lipinski definition) is 3. The van der Waals surface area contributed by atoms with Crippen molar-refractivity contribution in [2.24, 2.45) is 0 Å². The summed E-state index contributed by atoms with van der Waals surface area (Å²) in [5.41, 5.74) is 4.98. The minimum atomic E-state index is -1.23. The number of benzene rings is 3. The summed E-state index contributed by atoms with van der Waals surface area (Å²) < 4.78 is 0. The quantitative estimate of drug-likeness (QED) is 0.530. The van der Waals surface area contributed by atoms with Gasteiger partial charge >= 0.3 is 5.97 Å². The highest BCUT2D eigenvalue weighted by molar-refractivity contribution is 6.05. The summed E-state index contributed by atoms with van der Waals surface area (Å²) in [5.74, 6) is -1.96. The molecule has 3 aromatic carbocycles. The van der Waals surface area contributed by atoms with Crippen LogP contribution in [0.4, 0.5) is 5.69 Å². The monoisotopic (exact) mass is 413 g/mol. The zero-order chi connectivity index (χ0) is 22.2. The van der Waals surface area contributed by atoms with E-state index in [1.807, 2.05) is 30.3 Å². The zero-order valence-electron chi connectivity index (χ0n) is 17.3. The molecule has 0 aromatic heterocycles. The van der Waals surface area contributed by atoms with Gasteiger partial charge in [-0.3, -0.25) is 4.79 Å². The van der Waals surface area contributed by atoms with E-state index in [9.17, 15) is 14.7 Å². The number of amides is 1. The van der Waals surface area contributed by atoms with Crippen LogP contribution in [0.3, 0.4) is 0 Å². The first kappa shape index (κ1) is 20.4. The van der Waals surface area contributed by atoms with Gasteiger partial charge in [-0.2, -0.15) is 0 Å². The molecule has 0 atom stereocenters. The van der Waals surface area contributed by atoms with Gasteiger partial charge in [0, 0.05) is 17.3 Å². The third-order valence-electron chi connectivity index (χ3n) is 5.69. The highest BCUT2D eigenvalue weighted by atomic mass is 16.4. The van der Waals surface area contributed by atoms with Gasteiger partial charge in [-0.25, -0.2) is 4.79 Å². The Bertz CT molecular complexity index is 1210. The van der Waals surface area contributed by atoms with Crippen molar-refractivity contribution in [3.63, 3.8) is 0 Å². The Kier molecular flexibility index (Phi) is 5.11. The van der Waals surface area contributed by atoms with E-state index in [1.54, 1.807) is 6.07 Å². The minimum Gasteiger partial charge on any atom is -0.507 e. The number of carboxylic acids is 1. The predicted molar refractivity (Wildman–Crippen MR) is 121 cm³/mol. The third-order valence-corrected chi connectivity index (χ3v) is 5.69. The van der Waals surface area contributed by atoms with Crippen LogP contribution in [-0.2, 0) is 5.41 Å². The summed E-state index contributed by atoms with van der Waals surface area (Å²) in [6.07, 6.45) is 3.13. The van der Waals surface area contributed by atoms with Crippen LogP contribution in [0.25, 0.3) is 5.57 Å². The molecule has 5 nitrogen and oxygen atoms in total. The fraction of sp³-hybridized carbons (Fsp3) is 0.154. The lowest BCUT2D eigenvalue weighted by atomic mass is 9.72. The molecule has 156 valence electrons. The number of fused-ring (bicyclic) bond motifs is 1. The van der Waals surface area contributed by atoms with E-state index in [1.165, 1.54) is 23.8 Å². The van der Waals surface area contributed by atoms with Crippen molar-refractivity contribution in [3.8, 4) is 5.75 Å². The highest BCUT2D eigenvalue weighted by Crippen LogP contribution is 2.41. The summed E-state index contributed by atoms with van der Waals surface area (Å²) in [5, 5.41) is 21.7. The van der Waals surface area contributed by atoms with Crippen molar-refractivity contribution in [2.45, 2.75) is 25.7 Å². The van der Waals surface area contributed by atoms with E-state index >= 15 is 0 Å². The maximum absolute atomic E-state index is 12.9. The number of carboxylic acid groups (broad SMARTS) is 1. The molecule has 1 amide bonds. The first-order valence-electron chi connectivity index (χ1n) is 10.0. The van der Waals surface area contributed by atoms with Crippen molar-refractivity contribution in [1.29, 1.82) is 0 Å². The number of carbonyl (C=O) groups excluding carboxylic acids is 1. The standard InChI is InChI=1S/C26H23NO4/c1-26(2)13-12-19(16-6-4-3-5-7-16)21-14-17(8-11-22(21)26)24(29)27-18-9-10-20(25(30)31)23(28)15-18/h3-12,14-15,28H,13H2,1-2H3,(H,27,29)(H,30,31). The molecule has 3 aromatic rings. The Hall–Kier alpha value is -3.86. The molecule has 0 unspecified atom stereocenters. The number of aromatic hydroxyl groups is 1. The largest absolute Gasteiger partial charge is 0.507 e. The van der Waals surface area contributed by atoms with Crippen LogP contribution in [0.2, 0.25) is 0 Å². The van der Waals surface area contributed by atoms with Crippen LogP contribution in [0, 0.1) is 0 Å². The lowest BCUT2D eigenvalue weighted by Crippen LogP contribution is -2.23. The van der Waals surface area contributed by atoms with Crippen molar-refractivity contribution in [1.82, 2.24) is 0 Å². The normalized spacial score (nSPS) is 14.3. The summed E-state index contributed by atoms with van der Waals surface area (Å²) in [6, 6.07) is 19.8. The number of phenols is 1. The maximum Gasteiger partial charge on any atom is 0.339 e. The molecule has 3 N–H and O–H groups in total. The van der Waals surface area contributed by atoms with Crippen LogP contribution in [0.5, 0.6) is 5.75 Å². The van der Waals surface area contributed by atoms with Crippen LogP contribution in [0.1, 0.15) is 57.7 Å². The van der Waals surface area contributed by atoms with Gasteiger partial charge in [-0.15, -0.1) is 0 Å². The topological polar surface area (TPSA) is 86.6 Å². The number of nitrogens with one attached hydrogen (secondary N) is 1. The van der Waals surface area contributed by atoms with Crippen molar-refractivity contribution >= 4 is 23.1 Å². The molecule has 0 saturated carbocycles. The van der Waals surface area contributed by atoms with E-state index < -0.39 is 11.7 Å². The smallest absolute Gasteiger partial charge is 0.339 e. The average molecular weight is 413 g/mol. The Labute approximate surface area is 180 Å². The number of anilines is 1. The zero-order valence-corrected chi connectivity index (χ0v) is 17.3. The molecule has 0 spiro atoms. The highest BCUT2D eigenvalue weighted by Gasteiger charge is 2.29. The van der Waals surface area contributed by atoms with Gasteiger partial charge in [-0.1, -0.05) is 56.3 Å². The Morgan fingerprint density at radius 2 is 1.71 bits per heavy atom. The van der Waals surface area contributed by atoms with Crippen LogP contribution in [-0.4, -0.2) is 22.1 Å². The second kappa shape index (κ2) is 7.76. The number of hydrogen-bond donors (Lipinski definition) is 3. The second-order valence-electron chi connectivity index (χ2n) is 8.32. The second-order valence-corrected chi connectivity index (χ2v) is 8.32. The molecule has 0 saturated heterocycles. The maximum atomic E-state index is 12.9. The minimum absolute atomic E-state index is 0.0406. The lowest BCUT2D eigenvalue weighted by molar-refractivity contribution is 0.0693. The molecule has 5 heteroatoms. The van der Waals surface area contributed by atoms with Crippen LogP contribution >= 0.6 is 0 Å². The first-order chi connectivity index (χ1) is 14.8. The molecule has 0 heterocycles. The third kappa shape index (κ3) is 3.94. The van der Waals surface area contributed by atoms with Crippen LogP contribution < -0.4 is 5.32 Å². The van der Waals surface area contributed by atoms with Gasteiger partial charge in [0.05, 0.1) is 0 Å². The molecule has 1 aliphatic rings.